The fourth-order valence-electron chi connectivity index (χ4n) is 1.79. The van der Waals surface area contributed by atoms with Gasteiger partial charge in [0, 0.05) is 10.1 Å². The molecule has 100 valence electrons. The average Bonchev–Trinajstić information content (AvgIpc) is 2.40. The van der Waals surface area contributed by atoms with Crippen molar-refractivity contribution in [3.8, 4) is 11.5 Å². The minimum absolute atomic E-state index is 0.874. The van der Waals surface area contributed by atoms with Gasteiger partial charge >= 0.3 is 0 Å². The second-order valence-corrected chi connectivity index (χ2v) is 5.69. The normalized spacial score (nSPS) is 10.5. The van der Waals surface area contributed by atoms with Gasteiger partial charge in [0.1, 0.15) is 11.5 Å². The first kappa shape index (κ1) is 14.3. The lowest BCUT2D eigenvalue weighted by atomic mass is 10.1. The van der Waals surface area contributed by atoms with Crippen LogP contribution in [0, 0.1) is 10.5 Å². The molecule has 0 aliphatic carbocycles. The van der Waals surface area contributed by atoms with Crippen LogP contribution in [-0.4, -0.2) is 6.54 Å². The second-order valence-electron chi connectivity index (χ2n) is 4.44. The highest BCUT2D eigenvalue weighted by molar-refractivity contribution is 14.1. The molecule has 0 radical (unpaired) electrons. The van der Waals surface area contributed by atoms with Gasteiger partial charge in [0.05, 0.1) is 0 Å². The third-order valence-corrected chi connectivity index (χ3v) is 3.53. The van der Waals surface area contributed by atoms with E-state index in [1.165, 1.54) is 9.13 Å². The van der Waals surface area contributed by atoms with Crippen LogP contribution in [0.3, 0.4) is 0 Å². The van der Waals surface area contributed by atoms with E-state index < -0.39 is 0 Å². The first-order valence-electron chi connectivity index (χ1n) is 6.42. The summed E-state index contributed by atoms with van der Waals surface area (Å²) < 4.78 is 7.16. The summed E-state index contributed by atoms with van der Waals surface area (Å²) in [5.74, 6) is 1.81. The van der Waals surface area contributed by atoms with Gasteiger partial charge in [-0.3, -0.25) is 0 Å². The molecule has 0 aromatic heterocycles. The molecule has 1 N–H and O–H groups in total. The Morgan fingerprint density at radius 3 is 2.74 bits per heavy atom. The molecule has 0 aliphatic heterocycles. The molecular weight excluding hydrogens is 349 g/mol. The van der Waals surface area contributed by atoms with Gasteiger partial charge < -0.3 is 10.1 Å². The third-order valence-electron chi connectivity index (χ3n) is 2.86. The summed E-state index contributed by atoms with van der Waals surface area (Å²) in [6.07, 6.45) is 0. The van der Waals surface area contributed by atoms with Crippen LogP contribution >= 0.6 is 22.6 Å². The lowest BCUT2D eigenvalue weighted by Gasteiger charge is -2.11. The highest BCUT2D eigenvalue weighted by atomic mass is 127. The minimum atomic E-state index is 0.874. The summed E-state index contributed by atoms with van der Waals surface area (Å²) in [5.41, 5.74) is 2.40. The Labute approximate surface area is 128 Å². The van der Waals surface area contributed by atoms with E-state index in [4.69, 9.17) is 4.74 Å². The number of ether oxygens (including phenoxy) is 1. The molecule has 0 bridgehead atoms. The fraction of sp³-hybridized carbons (Fsp3) is 0.250. The van der Waals surface area contributed by atoms with E-state index in [2.05, 4.69) is 66.0 Å². The summed E-state index contributed by atoms with van der Waals surface area (Å²) in [5, 5.41) is 3.33. The van der Waals surface area contributed by atoms with Crippen molar-refractivity contribution in [2.24, 2.45) is 0 Å². The molecule has 0 amide bonds. The van der Waals surface area contributed by atoms with E-state index in [1.807, 2.05) is 18.2 Å². The molecule has 0 saturated carbocycles. The Kier molecular flexibility index (Phi) is 5.22. The Balaban J connectivity index is 2.19. The number of rotatable bonds is 5. The maximum Gasteiger partial charge on any atom is 0.130 e. The fourth-order valence-corrected chi connectivity index (χ4v) is 2.31. The van der Waals surface area contributed by atoms with Gasteiger partial charge in [0.15, 0.2) is 0 Å². The van der Waals surface area contributed by atoms with Gasteiger partial charge in [-0.15, -0.1) is 0 Å². The van der Waals surface area contributed by atoms with Gasteiger partial charge in [-0.05, 0) is 71.5 Å². The Hall–Kier alpha value is -1.07. The van der Waals surface area contributed by atoms with Crippen LogP contribution in [0.25, 0.3) is 0 Å². The van der Waals surface area contributed by atoms with Gasteiger partial charge in [-0.1, -0.05) is 25.1 Å². The summed E-state index contributed by atoms with van der Waals surface area (Å²) in [6.45, 7) is 6.03. The molecule has 2 aromatic carbocycles. The smallest absolute Gasteiger partial charge is 0.130 e. The number of hydrogen-bond acceptors (Lipinski definition) is 2. The van der Waals surface area contributed by atoms with Crippen LogP contribution in [0.5, 0.6) is 11.5 Å². The number of hydrogen-bond donors (Lipinski definition) is 1. The van der Waals surface area contributed by atoms with Crippen molar-refractivity contribution >= 4 is 22.6 Å². The maximum atomic E-state index is 5.98. The summed E-state index contributed by atoms with van der Waals surface area (Å²) in [7, 11) is 0. The molecule has 2 aromatic rings. The zero-order valence-electron chi connectivity index (χ0n) is 11.2. The largest absolute Gasteiger partial charge is 0.457 e. The maximum absolute atomic E-state index is 5.98. The Morgan fingerprint density at radius 1 is 1.16 bits per heavy atom. The van der Waals surface area contributed by atoms with Crippen LogP contribution in [0.4, 0.5) is 0 Å². The standard InChI is InChI=1S/C16H18INO/c1-3-18-11-13-8-7-12(2)16(9-13)19-15-6-4-5-14(17)10-15/h4-10,18H,3,11H2,1-2H3. The van der Waals surface area contributed by atoms with E-state index in [1.54, 1.807) is 0 Å². The molecule has 0 aliphatic rings. The Morgan fingerprint density at radius 2 is 2.00 bits per heavy atom. The molecule has 3 heteroatoms. The zero-order valence-corrected chi connectivity index (χ0v) is 13.4. The average molecular weight is 367 g/mol. The van der Waals surface area contributed by atoms with Gasteiger partial charge in [0.25, 0.3) is 0 Å². The predicted octanol–water partition coefficient (Wildman–Crippen LogP) is 4.50. The third kappa shape index (κ3) is 4.21. The van der Waals surface area contributed by atoms with Crippen molar-refractivity contribution in [1.29, 1.82) is 0 Å². The van der Waals surface area contributed by atoms with Crippen molar-refractivity contribution in [3.63, 3.8) is 0 Å². The number of benzene rings is 2. The first-order valence-corrected chi connectivity index (χ1v) is 7.50. The molecule has 0 heterocycles. The van der Waals surface area contributed by atoms with Crippen LogP contribution in [0.1, 0.15) is 18.1 Å². The van der Waals surface area contributed by atoms with Gasteiger partial charge in [0.2, 0.25) is 0 Å². The van der Waals surface area contributed by atoms with Crippen LogP contribution in [0.2, 0.25) is 0 Å². The minimum Gasteiger partial charge on any atom is -0.457 e. The van der Waals surface area contributed by atoms with Gasteiger partial charge in [-0.2, -0.15) is 0 Å². The van der Waals surface area contributed by atoms with Crippen molar-refractivity contribution in [1.82, 2.24) is 5.32 Å². The Bertz CT molecular complexity index is 554. The topological polar surface area (TPSA) is 21.3 Å². The number of halogens is 1. The molecule has 2 nitrogen and oxygen atoms in total. The van der Waals surface area contributed by atoms with Crippen LogP contribution < -0.4 is 10.1 Å². The lowest BCUT2D eigenvalue weighted by molar-refractivity contribution is 0.477. The molecule has 0 fully saturated rings. The predicted molar refractivity (Wildman–Crippen MR) is 87.8 cm³/mol. The van der Waals surface area contributed by atoms with Crippen molar-refractivity contribution in [3.05, 3.63) is 57.2 Å². The van der Waals surface area contributed by atoms with E-state index >= 15 is 0 Å². The molecular formula is C16H18INO. The van der Waals surface area contributed by atoms with Crippen LogP contribution in [0.15, 0.2) is 42.5 Å². The van der Waals surface area contributed by atoms with E-state index in [-0.39, 0.29) is 0 Å². The molecule has 0 unspecified atom stereocenters. The van der Waals surface area contributed by atoms with Crippen LogP contribution in [-0.2, 0) is 6.54 Å². The molecule has 0 atom stereocenters. The quantitative estimate of drug-likeness (QED) is 0.786. The van der Waals surface area contributed by atoms with Crippen molar-refractivity contribution in [2.75, 3.05) is 6.54 Å². The highest BCUT2D eigenvalue weighted by Crippen LogP contribution is 2.27. The number of nitrogens with one attached hydrogen (secondary N) is 1. The first-order chi connectivity index (χ1) is 9.19. The monoisotopic (exact) mass is 367 g/mol. The second kappa shape index (κ2) is 6.91. The summed E-state index contributed by atoms with van der Waals surface area (Å²) in [6, 6.07) is 14.4. The SMILES string of the molecule is CCNCc1ccc(C)c(Oc2cccc(I)c2)c1. The highest BCUT2D eigenvalue weighted by Gasteiger charge is 2.03. The molecule has 19 heavy (non-hydrogen) atoms. The van der Waals surface area contributed by atoms with Gasteiger partial charge in [-0.25, -0.2) is 0 Å². The summed E-state index contributed by atoms with van der Waals surface area (Å²) >= 11 is 2.29. The lowest BCUT2D eigenvalue weighted by Crippen LogP contribution is -2.11. The molecule has 2 rings (SSSR count). The van der Waals surface area contributed by atoms with E-state index in [0.717, 1.165) is 30.2 Å². The number of aryl methyl sites for hydroxylation is 1. The van der Waals surface area contributed by atoms with E-state index in [9.17, 15) is 0 Å². The summed E-state index contributed by atoms with van der Waals surface area (Å²) in [4.78, 5) is 0. The molecule has 0 spiro atoms. The van der Waals surface area contributed by atoms with Crippen molar-refractivity contribution in [2.45, 2.75) is 20.4 Å². The molecule has 0 saturated heterocycles. The van der Waals surface area contributed by atoms with E-state index in [0.29, 0.717) is 0 Å². The zero-order chi connectivity index (χ0) is 13.7. The van der Waals surface area contributed by atoms with Crippen molar-refractivity contribution < 1.29 is 4.74 Å².